The number of aromatic nitrogens is 2. The molecule has 0 fully saturated rings. The number of hydrogen-bond acceptors (Lipinski definition) is 5. The zero-order valence-electron chi connectivity index (χ0n) is 12.1. The van der Waals surface area contributed by atoms with E-state index in [9.17, 15) is 0 Å². The van der Waals surface area contributed by atoms with Crippen molar-refractivity contribution in [2.75, 3.05) is 12.5 Å². The predicted octanol–water partition coefficient (Wildman–Crippen LogP) is 3.65. The molecule has 0 atom stereocenters. The molecule has 1 aromatic carbocycles. The molecule has 0 saturated heterocycles. The van der Waals surface area contributed by atoms with Gasteiger partial charge in [0.15, 0.2) is 17.3 Å². The van der Waals surface area contributed by atoms with E-state index in [1.807, 2.05) is 19.1 Å². The molecule has 2 N–H and O–H groups in total. The largest absolute Gasteiger partial charge is 0.454 e. The molecule has 0 radical (unpaired) electrons. The van der Waals surface area contributed by atoms with Crippen LogP contribution in [0, 0.1) is 6.92 Å². The van der Waals surface area contributed by atoms with Gasteiger partial charge in [-0.1, -0.05) is 13.8 Å². The first-order valence-electron chi connectivity index (χ1n) is 6.71. The third kappa shape index (κ3) is 2.44. The zero-order valence-corrected chi connectivity index (χ0v) is 13.7. The summed E-state index contributed by atoms with van der Waals surface area (Å²) in [5.74, 6) is 2.81. The Kier molecular flexibility index (Phi) is 3.49. The molecule has 2 heterocycles. The van der Waals surface area contributed by atoms with Crippen molar-refractivity contribution in [1.82, 2.24) is 9.97 Å². The SMILES string of the molecule is Cc1nc(-c2cc(Br)c3c(c2)OCO3)nc(N)c1C(C)C. The zero-order chi connectivity index (χ0) is 15.1. The fourth-order valence-corrected chi connectivity index (χ4v) is 3.10. The first-order chi connectivity index (χ1) is 9.97. The molecule has 1 aromatic heterocycles. The molecular weight excluding hydrogens is 334 g/mol. The summed E-state index contributed by atoms with van der Waals surface area (Å²) in [6.07, 6.45) is 0. The van der Waals surface area contributed by atoms with Crippen molar-refractivity contribution in [3.63, 3.8) is 0 Å². The molecule has 0 amide bonds. The predicted molar refractivity (Wildman–Crippen MR) is 84.5 cm³/mol. The normalized spacial score (nSPS) is 13.0. The fourth-order valence-electron chi connectivity index (χ4n) is 2.54. The highest BCUT2D eigenvalue weighted by atomic mass is 79.9. The molecule has 1 aliphatic rings. The fraction of sp³-hybridized carbons (Fsp3) is 0.333. The summed E-state index contributed by atoms with van der Waals surface area (Å²) in [5.41, 5.74) is 8.84. The van der Waals surface area contributed by atoms with Crippen molar-refractivity contribution in [3.8, 4) is 22.9 Å². The molecule has 3 rings (SSSR count). The van der Waals surface area contributed by atoms with Gasteiger partial charge in [-0.05, 0) is 40.9 Å². The van der Waals surface area contributed by atoms with Crippen LogP contribution >= 0.6 is 15.9 Å². The summed E-state index contributed by atoms with van der Waals surface area (Å²) in [5, 5.41) is 0. The van der Waals surface area contributed by atoms with Gasteiger partial charge in [-0.3, -0.25) is 0 Å². The van der Waals surface area contributed by atoms with Crippen molar-refractivity contribution in [2.24, 2.45) is 0 Å². The van der Waals surface area contributed by atoms with Crippen molar-refractivity contribution in [1.29, 1.82) is 0 Å². The van der Waals surface area contributed by atoms with Crippen LogP contribution in [-0.4, -0.2) is 16.8 Å². The number of fused-ring (bicyclic) bond motifs is 1. The summed E-state index contributed by atoms with van der Waals surface area (Å²) in [7, 11) is 0. The Hall–Kier alpha value is -1.82. The summed E-state index contributed by atoms with van der Waals surface area (Å²) in [4.78, 5) is 9.03. The first kappa shape index (κ1) is 14.1. The molecule has 0 aliphatic carbocycles. The lowest BCUT2D eigenvalue weighted by Crippen LogP contribution is -2.06. The Bertz CT molecular complexity index is 693. The van der Waals surface area contributed by atoms with E-state index in [4.69, 9.17) is 15.2 Å². The topological polar surface area (TPSA) is 70.3 Å². The number of rotatable bonds is 2. The Labute approximate surface area is 131 Å². The number of aryl methyl sites for hydroxylation is 1. The molecule has 0 spiro atoms. The maximum absolute atomic E-state index is 6.09. The molecule has 5 nitrogen and oxygen atoms in total. The smallest absolute Gasteiger partial charge is 0.231 e. The molecule has 1 aliphatic heterocycles. The van der Waals surface area contributed by atoms with Gasteiger partial charge in [-0.2, -0.15) is 0 Å². The number of hydrogen-bond donors (Lipinski definition) is 1. The van der Waals surface area contributed by atoms with Crippen LogP contribution in [0.5, 0.6) is 11.5 Å². The van der Waals surface area contributed by atoms with Gasteiger partial charge < -0.3 is 15.2 Å². The summed E-state index contributed by atoms with van der Waals surface area (Å²) in [6.45, 7) is 6.35. The number of anilines is 1. The lowest BCUT2D eigenvalue weighted by molar-refractivity contribution is 0.173. The van der Waals surface area contributed by atoms with Gasteiger partial charge in [0.2, 0.25) is 6.79 Å². The van der Waals surface area contributed by atoms with Gasteiger partial charge in [0.1, 0.15) is 5.82 Å². The number of nitrogens with two attached hydrogens (primary N) is 1. The summed E-state index contributed by atoms with van der Waals surface area (Å²) < 4.78 is 11.6. The van der Waals surface area contributed by atoms with E-state index < -0.39 is 0 Å². The highest BCUT2D eigenvalue weighted by Crippen LogP contribution is 2.42. The third-order valence-corrected chi connectivity index (χ3v) is 4.02. The van der Waals surface area contributed by atoms with Gasteiger partial charge in [-0.25, -0.2) is 9.97 Å². The Balaban J connectivity index is 2.12. The van der Waals surface area contributed by atoms with E-state index in [0.29, 0.717) is 29.1 Å². The average molecular weight is 350 g/mol. The van der Waals surface area contributed by atoms with Crippen LogP contribution in [0.15, 0.2) is 16.6 Å². The van der Waals surface area contributed by atoms with Crippen LogP contribution < -0.4 is 15.2 Å². The number of ether oxygens (including phenoxy) is 2. The van der Waals surface area contributed by atoms with Gasteiger partial charge in [0.05, 0.1) is 4.47 Å². The van der Waals surface area contributed by atoms with Gasteiger partial charge in [0.25, 0.3) is 0 Å². The molecular formula is C15H16BrN3O2. The van der Waals surface area contributed by atoms with Crippen LogP contribution in [-0.2, 0) is 0 Å². The van der Waals surface area contributed by atoms with Gasteiger partial charge in [0, 0.05) is 16.8 Å². The maximum Gasteiger partial charge on any atom is 0.231 e. The van der Waals surface area contributed by atoms with Gasteiger partial charge >= 0.3 is 0 Å². The van der Waals surface area contributed by atoms with E-state index in [1.165, 1.54) is 0 Å². The van der Waals surface area contributed by atoms with Gasteiger partial charge in [-0.15, -0.1) is 0 Å². The molecule has 0 saturated carbocycles. The van der Waals surface area contributed by atoms with Crippen LogP contribution in [0.1, 0.15) is 31.0 Å². The molecule has 6 heteroatoms. The van der Waals surface area contributed by atoms with Crippen LogP contribution in [0.25, 0.3) is 11.4 Å². The highest BCUT2D eigenvalue weighted by molar-refractivity contribution is 9.10. The van der Waals surface area contributed by atoms with Crippen molar-refractivity contribution in [2.45, 2.75) is 26.7 Å². The van der Waals surface area contributed by atoms with Crippen molar-refractivity contribution in [3.05, 3.63) is 27.9 Å². The average Bonchev–Trinajstić information content (AvgIpc) is 2.86. The molecule has 21 heavy (non-hydrogen) atoms. The molecule has 2 aromatic rings. The Morgan fingerprint density at radius 3 is 2.67 bits per heavy atom. The lowest BCUT2D eigenvalue weighted by atomic mass is 10.0. The number of benzene rings is 1. The van der Waals surface area contributed by atoms with E-state index >= 15 is 0 Å². The minimum Gasteiger partial charge on any atom is -0.454 e. The summed E-state index contributed by atoms with van der Waals surface area (Å²) in [6, 6.07) is 3.78. The Morgan fingerprint density at radius 1 is 1.24 bits per heavy atom. The number of halogens is 1. The maximum atomic E-state index is 6.09. The summed E-state index contributed by atoms with van der Waals surface area (Å²) >= 11 is 3.48. The monoisotopic (exact) mass is 349 g/mol. The van der Waals surface area contributed by atoms with E-state index in [-0.39, 0.29) is 6.79 Å². The van der Waals surface area contributed by atoms with Crippen LogP contribution in [0.3, 0.4) is 0 Å². The molecule has 110 valence electrons. The number of nitrogens with zero attached hydrogens (tertiary/aromatic N) is 2. The second-order valence-electron chi connectivity index (χ2n) is 5.28. The van der Waals surface area contributed by atoms with Crippen LogP contribution in [0.2, 0.25) is 0 Å². The highest BCUT2D eigenvalue weighted by Gasteiger charge is 2.20. The van der Waals surface area contributed by atoms with E-state index in [2.05, 4.69) is 39.7 Å². The molecule has 0 unspecified atom stereocenters. The molecule has 0 bridgehead atoms. The quantitative estimate of drug-likeness (QED) is 0.895. The van der Waals surface area contributed by atoms with E-state index in [0.717, 1.165) is 21.3 Å². The third-order valence-electron chi connectivity index (χ3n) is 3.43. The van der Waals surface area contributed by atoms with Crippen molar-refractivity contribution < 1.29 is 9.47 Å². The standard InChI is InChI=1S/C15H16BrN3O2/c1-7(2)12-8(3)18-15(19-14(12)17)9-4-10(16)13-11(5-9)20-6-21-13/h4-5,7H,6H2,1-3H3,(H2,17,18,19). The minimum atomic E-state index is 0.228. The Morgan fingerprint density at radius 2 is 2.00 bits per heavy atom. The lowest BCUT2D eigenvalue weighted by Gasteiger charge is -2.13. The second kappa shape index (κ2) is 5.18. The van der Waals surface area contributed by atoms with Crippen molar-refractivity contribution >= 4 is 21.7 Å². The first-order valence-corrected chi connectivity index (χ1v) is 7.50. The van der Waals surface area contributed by atoms with Crippen LogP contribution in [0.4, 0.5) is 5.82 Å². The number of nitrogen functional groups attached to an aromatic ring is 1. The second-order valence-corrected chi connectivity index (χ2v) is 6.13. The minimum absolute atomic E-state index is 0.228. The van der Waals surface area contributed by atoms with E-state index in [1.54, 1.807) is 0 Å².